The van der Waals surface area contributed by atoms with Gasteiger partial charge < -0.3 is 10.2 Å². The van der Waals surface area contributed by atoms with Gasteiger partial charge in [0.1, 0.15) is 5.82 Å². The number of carbonyl (C=O) groups is 1. The Morgan fingerprint density at radius 1 is 1.32 bits per heavy atom. The van der Waals surface area contributed by atoms with Crippen LogP contribution in [0.2, 0.25) is 0 Å². The highest BCUT2D eigenvalue weighted by Gasteiger charge is 2.37. The van der Waals surface area contributed by atoms with E-state index in [2.05, 4.69) is 12.2 Å². The van der Waals surface area contributed by atoms with Crippen LogP contribution in [0.3, 0.4) is 0 Å². The van der Waals surface area contributed by atoms with Crippen molar-refractivity contribution in [3.63, 3.8) is 0 Å². The predicted molar refractivity (Wildman–Crippen MR) is 87.4 cm³/mol. The van der Waals surface area contributed by atoms with Gasteiger partial charge in [-0.3, -0.25) is 4.79 Å². The van der Waals surface area contributed by atoms with Crippen molar-refractivity contribution >= 4 is 18.3 Å². The van der Waals surface area contributed by atoms with Gasteiger partial charge >= 0.3 is 0 Å². The fourth-order valence-corrected chi connectivity index (χ4v) is 3.17. The SMILES string of the molecule is C[C@H]1C[C@@H](C(=O)N(Cc2ccccc2F)C2CC2)CCN1.Cl. The molecule has 1 amide bonds. The van der Waals surface area contributed by atoms with Crippen LogP contribution in [-0.2, 0) is 11.3 Å². The van der Waals surface area contributed by atoms with Crippen molar-refractivity contribution in [3.8, 4) is 0 Å². The lowest BCUT2D eigenvalue weighted by molar-refractivity contribution is -0.138. The molecule has 0 radical (unpaired) electrons. The number of benzene rings is 1. The summed E-state index contributed by atoms with van der Waals surface area (Å²) in [5.41, 5.74) is 0.625. The predicted octanol–water partition coefficient (Wildman–Crippen LogP) is 3.13. The fraction of sp³-hybridized carbons (Fsp3) is 0.588. The molecule has 1 heterocycles. The van der Waals surface area contributed by atoms with Crippen molar-refractivity contribution < 1.29 is 9.18 Å². The zero-order chi connectivity index (χ0) is 14.8. The normalized spacial score (nSPS) is 24.5. The third kappa shape index (κ3) is 3.99. The Labute approximate surface area is 137 Å². The highest BCUT2D eigenvalue weighted by molar-refractivity contribution is 5.85. The van der Waals surface area contributed by atoms with Crippen molar-refractivity contribution in [2.24, 2.45) is 5.92 Å². The number of hydrogen-bond acceptors (Lipinski definition) is 2. The topological polar surface area (TPSA) is 32.3 Å². The highest BCUT2D eigenvalue weighted by atomic mass is 35.5. The van der Waals surface area contributed by atoms with E-state index in [1.165, 1.54) is 6.07 Å². The van der Waals surface area contributed by atoms with E-state index in [0.29, 0.717) is 24.2 Å². The zero-order valence-corrected chi connectivity index (χ0v) is 13.7. The summed E-state index contributed by atoms with van der Waals surface area (Å²) in [6.07, 6.45) is 3.89. The fourth-order valence-electron chi connectivity index (χ4n) is 3.17. The minimum atomic E-state index is -0.213. The summed E-state index contributed by atoms with van der Waals surface area (Å²) in [5.74, 6) is 0.0948. The molecule has 0 aromatic heterocycles. The quantitative estimate of drug-likeness (QED) is 0.922. The average Bonchev–Trinajstić information content (AvgIpc) is 3.30. The van der Waals surface area contributed by atoms with Crippen molar-refractivity contribution in [3.05, 3.63) is 35.6 Å². The van der Waals surface area contributed by atoms with Gasteiger partial charge in [0, 0.05) is 30.1 Å². The lowest BCUT2D eigenvalue weighted by Gasteiger charge is -2.32. The Morgan fingerprint density at radius 3 is 2.68 bits per heavy atom. The molecule has 1 aliphatic heterocycles. The largest absolute Gasteiger partial charge is 0.335 e. The number of piperidine rings is 1. The molecule has 3 rings (SSSR count). The van der Waals surface area contributed by atoms with Crippen LogP contribution in [0.25, 0.3) is 0 Å². The van der Waals surface area contributed by atoms with E-state index < -0.39 is 0 Å². The van der Waals surface area contributed by atoms with Crippen LogP contribution >= 0.6 is 12.4 Å². The molecule has 2 fully saturated rings. The lowest BCUT2D eigenvalue weighted by Crippen LogP contribution is -2.44. The molecule has 1 aliphatic carbocycles. The van der Waals surface area contributed by atoms with E-state index in [0.717, 1.165) is 32.2 Å². The van der Waals surface area contributed by atoms with Crippen molar-refractivity contribution in [2.45, 2.75) is 51.2 Å². The summed E-state index contributed by atoms with van der Waals surface area (Å²) < 4.78 is 13.9. The molecule has 1 saturated heterocycles. The van der Waals surface area contributed by atoms with Crippen LogP contribution < -0.4 is 5.32 Å². The first-order valence-electron chi connectivity index (χ1n) is 7.92. The second-order valence-electron chi connectivity index (χ2n) is 6.37. The highest BCUT2D eigenvalue weighted by Crippen LogP contribution is 2.32. The Morgan fingerprint density at radius 2 is 2.05 bits per heavy atom. The summed E-state index contributed by atoms with van der Waals surface area (Å²) >= 11 is 0. The molecule has 1 aromatic rings. The first kappa shape index (κ1) is 17.2. The van der Waals surface area contributed by atoms with Crippen LogP contribution in [0, 0.1) is 11.7 Å². The molecule has 5 heteroatoms. The molecule has 2 atom stereocenters. The molecule has 1 aromatic carbocycles. The first-order chi connectivity index (χ1) is 10.1. The second-order valence-corrected chi connectivity index (χ2v) is 6.37. The van der Waals surface area contributed by atoms with Gasteiger partial charge in [-0.05, 0) is 45.2 Å². The number of nitrogens with one attached hydrogen (secondary N) is 1. The molecule has 2 aliphatic rings. The molecule has 0 bridgehead atoms. The van der Waals surface area contributed by atoms with Crippen molar-refractivity contribution in [2.75, 3.05) is 6.54 Å². The molecule has 3 nitrogen and oxygen atoms in total. The summed E-state index contributed by atoms with van der Waals surface area (Å²) in [7, 11) is 0. The smallest absolute Gasteiger partial charge is 0.226 e. The van der Waals surface area contributed by atoms with Crippen LogP contribution in [-0.4, -0.2) is 29.4 Å². The molecular formula is C17H24ClFN2O. The van der Waals surface area contributed by atoms with Crippen LogP contribution in [0.15, 0.2) is 24.3 Å². The molecular weight excluding hydrogens is 303 g/mol. The summed E-state index contributed by atoms with van der Waals surface area (Å²) in [5, 5.41) is 3.38. The third-order valence-electron chi connectivity index (χ3n) is 4.54. The maximum atomic E-state index is 13.9. The van der Waals surface area contributed by atoms with Crippen molar-refractivity contribution in [1.82, 2.24) is 10.2 Å². The molecule has 0 spiro atoms. The van der Waals surface area contributed by atoms with E-state index in [9.17, 15) is 9.18 Å². The monoisotopic (exact) mass is 326 g/mol. The number of nitrogens with zero attached hydrogens (tertiary/aromatic N) is 1. The van der Waals surface area contributed by atoms with Gasteiger partial charge in [-0.25, -0.2) is 4.39 Å². The minimum absolute atomic E-state index is 0. The Kier molecular flexibility index (Phi) is 5.81. The van der Waals surface area contributed by atoms with Gasteiger partial charge in [0.25, 0.3) is 0 Å². The lowest BCUT2D eigenvalue weighted by atomic mass is 9.91. The van der Waals surface area contributed by atoms with Gasteiger partial charge in [0.05, 0.1) is 0 Å². The van der Waals surface area contributed by atoms with E-state index in [-0.39, 0.29) is 30.0 Å². The van der Waals surface area contributed by atoms with Crippen LogP contribution in [0.4, 0.5) is 4.39 Å². The summed E-state index contributed by atoms with van der Waals surface area (Å²) in [6, 6.07) is 7.49. The van der Waals surface area contributed by atoms with Gasteiger partial charge in [-0.1, -0.05) is 18.2 Å². The summed E-state index contributed by atoms with van der Waals surface area (Å²) in [6.45, 7) is 3.43. The van der Waals surface area contributed by atoms with Gasteiger partial charge in [-0.15, -0.1) is 12.4 Å². The molecule has 1 saturated carbocycles. The molecule has 122 valence electrons. The number of amides is 1. The second kappa shape index (κ2) is 7.42. The standard InChI is InChI=1S/C17H23FN2O.ClH/c1-12-10-13(8-9-19-12)17(21)20(15-6-7-15)11-14-4-2-3-5-16(14)18;/h2-5,12-13,15,19H,6-11H2,1H3;1H/t12-,13-;/m0./s1. The van der Waals surface area contributed by atoms with Gasteiger partial charge in [0.15, 0.2) is 0 Å². The third-order valence-corrected chi connectivity index (χ3v) is 4.54. The van der Waals surface area contributed by atoms with Gasteiger partial charge in [-0.2, -0.15) is 0 Å². The molecule has 1 N–H and O–H groups in total. The average molecular weight is 327 g/mol. The Bertz CT molecular complexity index is 521. The number of hydrogen-bond donors (Lipinski definition) is 1. The first-order valence-corrected chi connectivity index (χ1v) is 7.92. The Hall–Kier alpha value is -1.13. The van der Waals surface area contributed by atoms with E-state index in [1.807, 2.05) is 11.0 Å². The molecule has 22 heavy (non-hydrogen) atoms. The van der Waals surface area contributed by atoms with E-state index >= 15 is 0 Å². The maximum Gasteiger partial charge on any atom is 0.226 e. The zero-order valence-electron chi connectivity index (χ0n) is 12.9. The summed E-state index contributed by atoms with van der Waals surface area (Å²) in [4.78, 5) is 14.7. The van der Waals surface area contributed by atoms with Gasteiger partial charge in [0.2, 0.25) is 5.91 Å². The van der Waals surface area contributed by atoms with Crippen LogP contribution in [0.5, 0.6) is 0 Å². The van der Waals surface area contributed by atoms with E-state index in [1.54, 1.807) is 12.1 Å². The number of rotatable bonds is 4. The Balaban J connectivity index is 0.00000176. The van der Waals surface area contributed by atoms with E-state index in [4.69, 9.17) is 0 Å². The maximum absolute atomic E-state index is 13.9. The minimum Gasteiger partial charge on any atom is -0.335 e. The molecule has 0 unspecified atom stereocenters. The van der Waals surface area contributed by atoms with Crippen molar-refractivity contribution in [1.29, 1.82) is 0 Å². The number of carbonyl (C=O) groups excluding carboxylic acids is 1. The number of halogens is 2. The van der Waals surface area contributed by atoms with Crippen LogP contribution in [0.1, 0.15) is 38.2 Å².